The topological polar surface area (TPSA) is 34.5 Å². The summed E-state index contributed by atoms with van der Waals surface area (Å²) in [6.07, 6.45) is 14.0. The lowest BCUT2D eigenvalue weighted by Crippen LogP contribution is -2.26. The molecule has 0 unspecified atom stereocenters. The van der Waals surface area contributed by atoms with Crippen LogP contribution in [0.1, 0.15) is 102 Å². The first-order chi connectivity index (χ1) is 13.5. The molecule has 0 amide bonds. The molecule has 154 valence electrons. The van der Waals surface area contributed by atoms with Crippen molar-refractivity contribution in [3.05, 3.63) is 29.6 Å². The van der Waals surface area contributed by atoms with Crippen molar-refractivity contribution in [2.24, 2.45) is 22.2 Å². The van der Waals surface area contributed by atoms with Gasteiger partial charge >= 0.3 is 0 Å². The van der Waals surface area contributed by atoms with Crippen LogP contribution < -0.4 is 0 Å². The summed E-state index contributed by atoms with van der Waals surface area (Å²) in [6, 6.07) is 6.79. The largest absolute Gasteiger partial charge is 0.474 e. The maximum atomic E-state index is 5.99. The van der Waals surface area contributed by atoms with Gasteiger partial charge in [0.05, 0.1) is 6.04 Å². The Morgan fingerprint density at radius 3 is 2.04 bits per heavy atom. The van der Waals surface area contributed by atoms with Crippen molar-refractivity contribution in [3.63, 3.8) is 0 Å². The van der Waals surface area contributed by atoms with Gasteiger partial charge in [-0.1, -0.05) is 65.4 Å². The number of hydrogen-bond acceptors (Lipinski definition) is 3. The summed E-state index contributed by atoms with van der Waals surface area (Å²) >= 11 is 0. The maximum absolute atomic E-state index is 5.99. The monoisotopic (exact) mass is 382 g/mol. The van der Waals surface area contributed by atoms with Crippen LogP contribution in [0.3, 0.4) is 0 Å². The number of aliphatic imine (C=N–C) groups is 1. The van der Waals surface area contributed by atoms with Crippen LogP contribution in [0.2, 0.25) is 0 Å². The van der Waals surface area contributed by atoms with Crippen LogP contribution in [-0.2, 0) is 4.74 Å². The third-order valence-corrected chi connectivity index (χ3v) is 7.30. The fourth-order valence-electron chi connectivity index (χ4n) is 5.57. The highest BCUT2D eigenvalue weighted by atomic mass is 16.5. The molecule has 1 aromatic rings. The van der Waals surface area contributed by atoms with Crippen LogP contribution in [0.4, 0.5) is 0 Å². The van der Waals surface area contributed by atoms with Crippen molar-refractivity contribution in [2.45, 2.75) is 96.9 Å². The molecule has 3 nitrogen and oxygen atoms in total. The number of ether oxygens (including phenoxy) is 1. The Morgan fingerprint density at radius 2 is 1.50 bits per heavy atom. The van der Waals surface area contributed by atoms with E-state index >= 15 is 0 Å². The molecule has 1 aliphatic heterocycles. The highest BCUT2D eigenvalue weighted by Gasteiger charge is 2.35. The van der Waals surface area contributed by atoms with E-state index in [1.165, 1.54) is 69.9 Å². The lowest BCUT2D eigenvalue weighted by molar-refractivity contribution is 0.199. The van der Waals surface area contributed by atoms with E-state index in [1.807, 2.05) is 0 Å². The van der Waals surface area contributed by atoms with Crippen molar-refractivity contribution in [3.8, 4) is 0 Å². The van der Waals surface area contributed by atoms with E-state index in [9.17, 15) is 0 Å². The zero-order chi connectivity index (χ0) is 19.6. The highest BCUT2D eigenvalue weighted by molar-refractivity contribution is 5.93. The maximum Gasteiger partial charge on any atom is 0.235 e. The first-order valence-electron chi connectivity index (χ1n) is 11.7. The number of pyridine rings is 1. The summed E-state index contributed by atoms with van der Waals surface area (Å²) in [4.78, 5) is 10.1. The first-order valence-corrected chi connectivity index (χ1v) is 11.7. The predicted octanol–water partition coefficient (Wildman–Crippen LogP) is 6.52. The molecule has 28 heavy (non-hydrogen) atoms. The summed E-state index contributed by atoms with van der Waals surface area (Å²) in [5.41, 5.74) is 2.38. The highest BCUT2D eigenvalue weighted by Crippen LogP contribution is 2.45. The van der Waals surface area contributed by atoms with Crippen molar-refractivity contribution in [2.75, 3.05) is 6.61 Å². The van der Waals surface area contributed by atoms with Crippen molar-refractivity contribution < 1.29 is 4.74 Å². The van der Waals surface area contributed by atoms with E-state index in [2.05, 4.69) is 39.0 Å². The minimum atomic E-state index is 0.131. The van der Waals surface area contributed by atoms with Gasteiger partial charge in [0.1, 0.15) is 12.3 Å². The standard InChI is InChI=1S/C25H38N2O/c1-25(2,3)22-17-28-24(27-22)21-16-10-15-20(26-21)23(18-11-6-4-7-12-18)19-13-8-5-9-14-19/h10,15-16,18-19,22-23H,4-9,11-14,17H2,1-3H3/t22-/m0/s1. The van der Waals surface area contributed by atoms with E-state index in [0.29, 0.717) is 12.5 Å². The van der Waals surface area contributed by atoms with Gasteiger partial charge in [0, 0.05) is 11.6 Å². The number of hydrogen-bond donors (Lipinski definition) is 0. The molecule has 0 aromatic carbocycles. The van der Waals surface area contributed by atoms with Gasteiger partial charge in [-0.3, -0.25) is 0 Å². The van der Waals surface area contributed by atoms with Gasteiger partial charge in [-0.2, -0.15) is 0 Å². The number of nitrogens with zero attached hydrogens (tertiary/aromatic N) is 2. The van der Waals surface area contributed by atoms with Gasteiger partial charge in [-0.15, -0.1) is 0 Å². The van der Waals surface area contributed by atoms with Crippen molar-refractivity contribution >= 4 is 5.90 Å². The Bertz CT molecular complexity index is 660. The lowest BCUT2D eigenvalue weighted by atomic mass is 9.68. The minimum absolute atomic E-state index is 0.131. The average Bonchev–Trinajstić information content (AvgIpc) is 3.21. The van der Waals surface area contributed by atoms with Gasteiger partial charge in [-0.05, 0) is 55.1 Å². The molecule has 3 heteroatoms. The molecule has 1 aromatic heterocycles. The minimum Gasteiger partial charge on any atom is -0.474 e. The third kappa shape index (κ3) is 4.44. The van der Waals surface area contributed by atoms with Crippen molar-refractivity contribution in [1.29, 1.82) is 0 Å². The van der Waals surface area contributed by atoms with Crippen LogP contribution in [0, 0.1) is 17.3 Å². The van der Waals surface area contributed by atoms with E-state index < -0.39 is 0 Å². The van der Waals surface area contributed by atoms with Gasteiger partial charge in [-0.25, -0.2) is 9.98 Å². The first kappa shape index (κ1) is 19.9. The quantitative estimate of drug-likeness (QED) is 0.594. The SMILES string of the molecule is CC(C)(C)[C@@H]1COC(c2cccc(C(C3CCCCC3)C3CCCCC3)n2)=N1. The Balaban J connectivity index is 1.61. The van der Waals surface area contributed by atoms with E-state index in [-0.39, 0.29) is 11.5 Å². The molecule has 2 fully saturated rings. The summed E-state index contributed by atoms with van der Waals surface area (Å²) in [5, 5.41) is 0. The van der Waals surface area contributed by atoms with Crippen molar-refractivity contribution in [1.82, 2.24) is 4.98 Å². The molecular weight excluding hydrogens is 344 g/mol. The van der Waals surface area contributed by atoms with Gasteiger partial charge in [0.15, 0.2) is 0 Å². The molecule has 2 aliphatic carbocycles. The predicted molar refractivity (Wildman–Crippen MR) is 116 cm³/mol. The molecule has 2 saturated carbocycles. The lowest BCUT2D eigenvalue weighted by Gasteiger charge is -2.37. The Hall–Kier alpha value is -1.38. The van der Waals surface area contributed by atoms with Crippen LogP contribution in [-0.4, -0.2) is 23.5 Å². The Labute approximate surface area is 171 Å². The van der Waals surface area contributed by atoms with Gasteiger partial charge < -0.3 is 4.74 Å². The van der Waals surface area contributed by atoms with E-state index in [0.717, 1.165) is 23.4 Å². The number of rotatable bonds is 4. The molecule has 4 rings (SSSR count). The van der Waals surface area contributed by atoms with Crippen LogP contribution in [0.25, 0.3) is 0 Å². The molecule has 0 bridgehead atoms. The van der Waals surface area contributed by atoms with Gasteiger partial charge in [0.25, 0.3) is 0 Å². The zero-order valence-corrected chi connectivity index (χ0v) is 18.1. The van der Waals surface area contributed by atoms with E-state index in [4.69, 9.17) is 14.7 Å². The van der Waals surface area contributed by atoms with Crippen LogP contribution >= 0.6 is 0 Å². The second kappa shape index (κ2) is 8.55. The fourth-order valence-corrected chi connectivity index (χ4v) is 5.57. The molecule has 1 atom stereocenters. The third-order valence-electron chi connectivity index (χ3n) is 7.30. The second-order valence-electron chi connectivity index (χ2n) is 10.4. The summed E-state index contributed by atoms with van der Waals surface area (Å²) in [7, 11) is 0. The summed E-state index contributed by atoms with van der Waals surface area (Å²) < 4.78 is 5.99. The second-order valence-corrected chi connectivity index (χ2v) is 10.4. The Kier molecular flexibility index (Phi) is 6.08. The average molecular weight is 383 g/mol. The van der Waals surface area contributed by atoms with Crippen LogP contribution in [0.15, 0.2) is 23.2 Å². The molecule has 0 saturated heterocycles. The van der Waals surface area contributed by atoms with Gasteiger partial charge in [0.2, 0.25) is 5.90 Å². The molecule has 2 heterocycles. The Morgan fingerprint density at radius 1 is 0.893 bits per heavy atom. The van der Waals surface area contributed by atoms with Crippen LogP contribution in [0.5, 0.6) is 0 Å². The summed E-state index contributed by atoms with van der Waals surface area (Å²) in [5.74, 6) is 3.01. The normalized spacial score (nSPS) is 25.0. The van der Waals surface area contributed by atoms with E-state index in [1.54, 1.807) is 0 Å². The fraction of sp³-hybridized carbons (Fsp3) is 0.760. The molecule has 3 aliphatic rings. The summed E-state index contributed by atoms with van der Waals surface area (Å²) in [6.45, 7) is 7.39. The number of aromatic nitrogens is 1. The molecular formula is C25H38N2O. The molecule has 0 spiro atoms. The molecule has 0 N–H and O–H groups in total. The molecule has 0 radical (unpaired) electrons. The smallest absolute Gasteiger partial charge is 0.235 e. The zero-order valence-electron chi connectivity index (χ0n) is 18.1.